The van der Waals surface area contributed by atoms with Crippen LogP contribution in [0.5, 0.6) is 0 Å². The maximum Gasteiger partial charge on any atom is 0.151 e. The smallest absolute Gasteiger partial charge is 0.151 e. The van der Waals surface area contributed by atoms with E-state index in [0.29, 0.717) is 5.92 Å². The van der Waals surface area contributed by atoms with Crippen LogP contribution in [0, 0.1) is 24.7 Å². The number of rotatable bonds is 3. The van der Waals surface area contributed by atoms with Gasteiger partial charge >= 0.3 is 0 Å². The highest BCUT2D eigenvalue weighted by Crippen LogP contribution is 2.49. The number of ketones is 2. The van der Waals surface area contributed by atoms with E-state index < -0.39 is 5.92 Å². The lowest BCUT2D eigenvalue weighted by Crippen LogP contribution is -2.20. The minimum Gasteiger partial charge on any atom is -0.298 e. The summed E-state index contributed by atoms with van der Waals surface area (Å²) in [5, 5.41) is 0. The summed E-state index contributed by atoms with van der Waals surface area (Å²) in [4.78, 5) is 25.9. The second-order valence-corrected chi connectivity index (χ2v) is 7.23. The molecule has 22 heavy (non-hydrogen) atoms. The van der Waals surface area contributed by atoms with Gasteiger partial charge in [-0.25, -0.2) is 0 Å². The molecular weight excluding hydrogens is 272 g/mol. The number of hydrogen-bond acceptors (Lipinski definition) is 2. The molecule has 0 aliphatic heterocycles. The Morgan fingerprint density at radius 2 is 1.41 bits per heavy atom. The molecule has 2 aliphatic rings. The molecule has 2 saturated carbocycles. The molecule has 0 aromatic heterocycles. The van der Waals surface area contributed by atoms with Crippen molar-refractivity contribution < 1.29 is 9.59 Å². The maximum atomic E-state index is 12.9. The number of fused-ring (bicyclic) bond motifs is 1. The summed E-state index contributed by atoms with van der Waals surface area (Å²) < 4.78 is 0. The zero-order chi connectivity index (χ0) is 16.0. The SMILES string of the molecule is CCc1cc(C)cc(CC)c1C1C(=O)C2CC(C)CC2C1=O. The summed E-state index contributed by atoms with van der Waals surface area (Å²) in [5.41, 5.74) is 4.66. The largest absolute Gasteiger partial charge is 0.298 e. The Kier molecular flexibility index (Phi) is 3.96. The van der Waals surface area contributed by atoms with E-state index in [1.807, 2.05) is 0 Å². The fourth-order valence-corrected chi connectivity index (χ4v) is 4.68. The first-order chi connectivity index (χ1) is 10.5. The van der Waals surface area contributed by atoms with Gasteiger partial charge in [0.2, 0.25) is 0 Å². The number of carbonyl (C=O) groups excluding carboxylic acids is 2. The van der Waals surface area contributed by atoms with Gasteiger partial charge in [0.1, 0.15) is 5.92 Å². The number of benzene rings is 1. The van der Waals surface area contributed by atoms with Crippen LogP contribution in [-0.4, -0.2) is 11.6 Å². The highest BCUT2D eigenvalue weighted by molar-refractivity contribution is 6.16. The third kappa shape index (κ3) is 2.24. The van der Waals surface area contributed by atoms with Crippen molar-refractivity contribution in [2.45, 2.75) is 59.3 Å². The number of aryl methyl sites for hydroxylation is 3. The van der Waals surface area contributed by atoms with Crippen LogP contribution in [0.25, 0.3) is 0 Å². The van der Waals surface area contributed by atoms with Crippen LogP contribution < -0.4 is 0 Å². The molecule has 0 amide bonds. The lowest BCUT2D eigenvalue weighted by molar-refractivity contribution is -0.125. The summed E-state index contributed by atoms with van der Waals surface area (Å²) in [6.07, 6.45) is 3.57. The Balaban J connectivity index is 2.09. The second kappa shape index (κ2) is 5.64. The molecule has 2 atom stereocenters. The Morgan fingerprint density at radius 1 is 0.955 bits per heavy atom. The minimum absolute atomic E-state index is 0.0109. The Morgan fingerprint density at radius 3 is 1.82 bits per heavy atom. The van der Waals surface area contributed by atoms with Crippen LogP contribution in [0.2, 0.25) is 0 Å². The van der Waals surface area contributed by atoms with Crippen molar-refractivity contribution in [3.05, 3.63) is 34.4 Å². The predicted molar refractivity (Wildman–Crippen MR) is 88.1 cm³/mol. The van der Waals surface area contributed by atoms with Gasteiger partial charge < -0.3 is 0 Å². The highest BCUT2D eigenvalue weighted by atomic mass is 16.2. The summed E-state index contributed by atoms with van der Waals surface area (Å²) >= 11 is 0. The van der Waals surface area contributed by atoms with E-state index in [1.165, 1.54) is 16.7 Å². The van der Waals surface area contributed by atoms with Gasteiger partial charge in [-0.15, -0.1) is 0 Å². The number of carbonyl (C=O) groups is 2. The average Bonchev–Trinajstić information content (AvgIpc) is 2.98. The fraction of sp³-hybridized carbons (Fsp3) is 0.600. The van der Waals surface area contributed by atoms with Crippen molar-refractivity contribution in [1.29, 1.82) is 0 Å². The molecule has 1 aromatic rings. The van der Waals surface area contributed by atoms with Crippen molar-refractivity contribution in [2.75, 3.05) is 0 Å². The lowest BCUT2D eigenvalue weighted by atomic mass is 9.82. The van der Waals surface area contributed by atoms with Crippen LogP contribution in [0.3, 0.4) is 0 Å². The molecule has 0 saturated heterocycles. The summed E-state index contributed by atoms with van der Waals surface area (Å²) in [7, 11) is 0. The van der Waals surface area contributed by atoms with Gasteiger partial charge in [0.05, 0.1) is 0 Å². The summed E-state index contributed by atoms with van der Waals surface area (Å²) in [6.45, 7) is 8.49. The third-order valence-corrected chi connectivity index (χ3v) is 5.64. The van der Waals surface area contributed by atoms with Crippen molar-refractivity contribution >= 4 is 11.6 Å². The summed E-state index contributed by atoms with van der Waals surface area (Å²) in [5.74, 6) is 0.415. The molecule has 0 spiro atoms. The first kappa shape index (κ1) is 15.5. The normalized spacial score (nSPS) is 30.9. The van der Waals surface area contributed by atoms with Crippen molar-refractivity contribution in [3.8, 4) is 0 Å². The molecule has 0 bridgehead atoms. The molecule has 2 aliphatic carbocycles. The first-order valence-corrected chi connectivity index (χ1v) is 8.67. The monoisotopic (exact) mass is 298 g/mol. The molecule has 2 nitrogen and oxygen atoms in total. The molecule has 2 heteroatoms. The van der Waals surface area contributed by atoms with Gasteiger partial charge in [0, 0.05) is 11.8 Å². The molecule has 1 aromatic carbocycles. The van der Waals surface area contributed by atoms with E-state index in [0.717, 1.165) is 31.2 Å². The second-order valence-electron chi connectivity index (χ2n) is 7.23. The molecule has 0 radical (unpaired) electrons. The van der Waals surface area contributed by atoms with Gasteiger partial charge in [-0.3, -0.25) is 9.59 Å². The third-order valence-electron chi connectivity index (χ3n) is 5.64. The van der Waals surface area contributed by atoms with Crippen LogP contribution in [-0.2, 0) is 22.4 Å². The van der Waals surface area contributed by atoms with E-state index in [1.54, 1.807) is 0 Å². The highest BCUT2D eigenvalue weighted by Gasteiger charge is 2.53. The van der Waals surface area contributed by atoms with E-state index in [4.69, 9.17) is 0 Å². The van der Waals surface area contributed by atoms with Crippen LogP contribution in [0.1, 0.15) is 61.8 Å². The van der Waals surface area contributed by atoms with Crippen LogP contribution in [0.15, 0.2) is 12.1 Å². The first-order valence-electron chi connectivity index (χ1n) is 8.67. The van der Waals surface area contributed by atoms with Gasteiger partial charge in [-0.2, -0.15) is 0 Å². The van der Waals surface area contributed by atoms with E-state index in [9.17, 15) is 9.59 Å². The maximum absolute atomic E-state index is 12.9. The molecule has 0 heterocycles. The summed E-state index contributed by atoms with van der Waals surface area (Å²) in [6, 6.07) is 4.32. The number of hydrogen-bond donors (Lipinski definition) is 0. The van der Waals surface area contributed by atoms with Gasteiger partial charge in [-0.05, 0) is 55.2 Å². The molecule has 2 fully saturated rings. The fourth-order valence-electron chi connectivity index (χ4n) is 4.68. The van der Waals surface area contributed by atoms with Crippen molar-refractivity contribution in [2.24, 2.45) is 17.8 Å². The zero-order valence-corrected chi connectivity index (χ0v) is 14.1. The predicted octanol–water partition coefficient (Wildman–Crippen LogP) is 4.02. The van der Waals surface area contributed by atoms with Crippen molar-refractivity contribution in [3.63, 3.8) is 0 Å². The van der Waals surface area contributed by atoms with Gasteiger partial charge in [0.25, 0.3) is 0 Å². The van der Waals surface area contributed by atoms with Gasteiger partial charge in [-0.1, -0.05) is 38.5 Å². The molecular formula is C20H26O2. The topological polar surface area (TPSA) is 34.1 Å². The van der Waals surface area contributed by atoms with E-state index >= 15 is 0 Å². The van der Waals surface area contributed by atoms with E-state index in [2.05, 4.69) is 39.8 Å². The number of Topliss-reactive ketones (excluding diaryl/α,β-unsaturated/α-hetero) is 2. The van der Waals surface area contributed by atoms with Crippen LogP contribution >= 0.6 is 0 Å². The quantitative estimate of drug-likeness (QED) is 0.790. The van der Waals surface area contributed by atoms with Gasteiger partial charge in [0.15, 0.2) is 11.6 Å². The Hall–Kier alpha value is -1.44. The molecule has 118 valence electrons. The molecule has 3 rings (SSSR count). The minimum atomic E-state index is -0.479. The molecule has 0 N–H and O–H groups in total. The molecule has 2 unspecified atom stereocenters. The lowest BCUT2D eigenvalue weighted by Gasteiger charge is -2.20. The average molecular weight is 298 g/mol. The standard InChI is InChI=1S/C20H26O2/c1-5-13-7-11(3)8-14(6-2)17(13)18-19(21)15-9-12(4)10-16(15)20(18)22/h7-8,12,15-16,18H,5-6,9-10H2,1-4H3. The zero-order valence-electron chi connectivity index (χ0n) is 14.1. The van der Waals surface area contributed by atoms with Crippen molar-refractivity contribution in [1.82, 2.24) is 0 Å². The van der Waals surface area contributed by atoms with Crippen LogP contribution in [0.4, 0.5) is 0 Å². The Bertz CT molecular complexity index is 580. The van der Waals surface area contributed by atoms with E-state index in [-0.39, 0.29) is 23.4 Å². The Labute approximate surface area is 133 Å².